The minimum absolute atomic E-state index is 0.165. The van der Waals surface area contributed by atoms with Gasteiger partial charge in [-0.2, -0.15) is 0 Å². The van der Waals surface area contributed by atoms with Crippen molar-refractivity contribution in [3.8, 4) is 5.75 Å². The third-order valence-corrected chi connectivity index (χ3v) is 1.83. The lowest BCUT2D eigenvalue weighted by molar-refractivity contribution is 0.230. The number of carbonyl (C=O) groups is 1. The highest BCUT2D eigenvalue weighted by Crippen LogP contribution is 2.23. The molecular weight excluding hydrogens is 192 g/mol. The Balaban J connectivity index is 2.79. The van der Waals surface area contributed by atoms with Gasteiger partial charge in [0.15, 0.2) is 0 Å². The predicted octanol–water partition coefficient (Wildman–Crippen LogP) is 2.18. The van der Waals surface area contributed by atoms with Gasteiger partial charge in [-0.05, 0) is 19.1 Å². The molecule has 0 aromatic heterocycles. The average Bonchev–Trinajstić information content (AvgIpc) is 2.21. The monoisotopic (exact) mass is 208 g/mol. The first-order valence-electron chi connectivity index (χ1n) is 4.85. The van der Waals surface area contributed by atoms with Crippen LogP contribution in [0.15, 0.2) is 24.3 Å². The Morgan fingerprint density at radius 2 is 2.07 bits per heavy atom. The second kappa shape index (κ2) is 5.24. The van der Waals surface area contributed by atoms with Gasteiger partial charge in [-0.25, -0.2) is 4.79 Å². The molecule has 82 valence electrons. The Morgan fingerprint density at radius 3 is 2.67 bits per heavy atom. The first-order chi connectivity index (χ1) is 7.15. The van der Waals surface area contributed by atoms with E-state index >= 15 is 0 Å². The smallest absolute Gasteiger partial charge is 0.321 e. The fourth-order valence-electron chi connectivity index (χ4n) is 1.08. The number of amides is 2. The lowest BCUT2D eigenvalue weighted by atomic mass is 10.3. The summed E-state index contributed by atoms with van der Waals surface area (Å²) in [5.41, 5.74) is 0.693. The van der Waals surface area contributed by atoms with Crippen LogP contribution in [0.2, 0.25) is 0 Å². The molecule has 4 nitrogen and oxygen atoms in total. The van der Waals surface area contributed by atoms with Crippen molar-refractivity contribution >= 4 is 11.7 Å². The SMILES string of the molecule is CCOc1ccccc1NC(=O)N(C)C. The zero-order chi connectivity index (χ0) is 11.3. The van der Waals surface area contributed by atoms with Crippen LogP contribution >= 0.6 is 0 Å². The van der Waals surface area contributed by atoms with Crippen LogP contribution < -0.4 is 10.1 Å². The number of urea groups is 1. The van der Waals surface area contributed by atoms with Crippen LogP contribution in [0.1, 0.15) is 6.92 Å². The fraction of sp³-hybridized carbons (Fsp3) is 0.364. The molecule has 0 saturated carbocycles. The first kappa shape index (κ1) is 11.4. The summed E-state index contributed by atoms with van der Waals surface area (Å²) in [5, 5.41) is 2.76. The standard InChI is InChI=1S/C11H16N2O2/c1-4-15-10-8-6-5-7-9(10)12-11(14)13(2)3/h5-8H,4H2,1-3H3,(H,12,14). The number of nitrogens with zero attached hydrogens (tertiary/aromatic N) is 1. The number of nitrogens with one attached hydrogen (secondary N) is 1. The van der Waals surface area contributed by atoms with E-state index < -0.39 is 0 Å². The number of carbonyl (C=O) groups excluding carboxylic acids is 1. The normalized spacial score (nSPS) is 9.53. The summed E-state index contributed by atoms with van der Waals surface area (Å²) in [7, 11) is 3.39. The van der Waals surface area contributed by atoms with Crippen molar-refractivity contribution in [2.75, 3.05) is 26.0 Å². The average molecular weight is 208 g/mol. The Kier molecular flexibility index (Phi) is 3.97. The third kappa shape index (κ3) is 3.16. The number of ether oxygens (including phenoxy) is 1. The van der Waals surface area contributed by atoms with Crippen molar-refractivity contribution in [2.45, 2.75) is 6.92 Å². The Bertz CT molecular complexity index is 337. The Hall–Kier alpha value is -1.71. The van der Waals surface area contributed by atoms with E-state index in [4.69, 9.17) is 4.74 Å². The van der Waals surface area contributed by atoms with Crippen molar-refractivity contribution in [3.63, 3.8) is 0 Å². The van der Waals surface area contributed by atoms with Gasteiger partial charge in [0.25, 0.3) is 0 Å². The molecule has 0 aliphatic rings. The van der Waals surface area contributed by atoms with Crippen LogP contribution in [-0.4, -0.2) is 31.6 Å². The van der Waals surface area contributed by atoms with Crippen molar-refractivity contribution in [3.05, 3.63) is 24.3 Å². The molecule has 0 fully saturated rings. The predicted molar refractivity (Wildman–Crippen MR) is 60.3 cm³/mol. The maximum absolute atomic E-state index is 11.4. The topological polar surface area (TPSA) is 41.6 Å². The summed E-state index contributed by atoms with van der Waals surface area (Å²) in [6, 6.07) is 7.20. The summed E-state index contributed by atoms with van der Waals surface area (Å²) < 4.78 is 5.38. The van der Waals surface area contributed by atoms with Gasteiger partial charge in [0.05, 0.1) is 12.3 Å². The summed E-state index contributed by atoms with van der Waals surface area (Å²) in [5.74, 6) is 0.690. The van der Waals surface area contributed by atoms with E-state index in [9.17, 15) is 4.79 Å². The van der Waals surface area contributed by atoms with Crippen molar-refractivity contribution < 1.29 is 9.53 Å². The van der Waals surface area contributed by atoms with Crippen LogP contribution in [0.25, 0.3) is 0 Å². The molecule has 2 amide bonds. The Morgan fingerprint density at radius 1 is 1.40 bits per heavy atom. The van der Waals surface area contributed by atoms with Gasteiger partial charge in [0.1, 0.15) is 5.75 Å². The van der Waals surface area contributed by atoms with Gasteiger partial charge >= 0.3 is 6.03 Å². The number of para-hydroxylation sites is 2. The van der Waals surface area contributed by atoms with Gasteiger partial charge in [-0.3, -0.25) is 0 Å². The van der Waals surface area contributed by atoms with Crippen LogP contribution in [0, 0.1) is 0 Å². The molecule has 0 bridgehead atoms. The highest BCUT2D eigenvalue weighted by Gasteiger charge is 2.07. The van der Waals surface area contributed by atoms with E-state index in [2.05, 4.69) is 5.32 Å². The molecule has 0 saturated heterocycles. The number of hydrogen-bond donors (Lipinski definition) is 1. The molecule has 4 heteroatoms. The highest BCUT2D eigenvalue weighted by molar-refractivity contribution is 5.90. The maximum Gasteiger partial charge on any atom is 0.321 e. The molecule has 1 rings (SSSR count). The molecule has 0 atom stereocenters. The zero-order valence-corrected chi connectivity index (χ0v) is 9.28. The second-order valence-electron chi connectivity index (χ2n) is 3.25. The van der Waals surface area contributed by atoms with E-state index in [1.807, 2.05) is 31.2 Å². The van der Waals surface area contributed by atoms with E-state index in [0.717, 1.165) is 0 Å². The molecule has 0 aliphatic carbocycles. The first-order valence-corrected chi connectivity index (χ1v) is 4.85. The zero-order valence-electron chi connectivity index (χ0n) is 9.28. The number of anilines is 1. The molecule has 1 aromatic carbocycles. The number of rotatable bonds is 3. The molecule has 1 N–H and O–H groups in total. The minimum Gasteiger partial charge on any atom is -0.492 e. The van der Waals surface area contributed by atoms with Crippen molar-refractivity contribution in [1.29, 1.82) is 0 Å². The quantitative estimate of drug-likeness (QED) is 0.827. The van der Waals surface area contributed by atoms with E-state index in [-0.39, 0.29) is 6.03 Å². The summed E-state index contributed by atoms with van der Waals surface area (Å²) in [6.07, 6.45) is 0. The fourth-order valence-corrected chi connectivity index (χ4v) is 1.08. The number of benzene rings is 1. The Labute approximate surface area is 89.8 Å². The molecular formula is C11H16N2O2. The van der Waals surface area contributed by atoms with Crippen LogP contribution in [-0.2, 0) is 0 Å². The molecule has 0 radical (unpaired) electrons. The third-order valence-electron chi connectivity index (χ3n) is 1.83. The lowest BCUT2D eigenvalue weighted by Crippen LogP contribution is -2.27. The van der Waals surface area contributed by atoms with Gasteiger partial charge in [0, 0.05) is 14.1 Å². The summed E-state index contributed by atoms with van der Waals surface area (Å²) in [6.45, 7) is 2.49. The molecule has 0 heterocycles. The van der Waals surface area contributed by atoms with E-state index in [1.165, 1.54) is 4.90 Å². The van der Waals surface area contributed by atoms with E-state index in [0.29, 0.717) is 18.0 Å². The minimum atomic E-state index is -0.165. The highest BCUT2D eigenvalue weighted by atomic mass is 16.5. The van der Waals surface area contributed by atoms with Gasteiger partial charge < -0.3 is 15.0 Å². The van der Waals surface area contributed by atoms with Crippen LogP contribution in [0.5, 0.6) is 5.75 Å². The van der Waals surface area contributed by atoms with Gasteiger partial charge in [0.2, 0.25) is 0 Å². The molecule has 0 unspecified atom stereocenters. The van der Waals surface area contributed by atoms with Crippen LogP contribution in [0.3, 0.4) is 0 Å². The van der Waals surface area contributed by atoms with E-state index in [1.54, 1.807) is 14.1 Å². The van der Waals surface area contributed by atoms with Gasteiger partial charge in [-0.1, -0.05) is 12.1 Å². The van der Waals surface area contributed by atoms with Gasteiger partial charge in [-0.15, -0.1) is 0 Å². The summed E-state index contributed by atoms with van der Waals surface area (Å²) >= 11 is 0. The second-order valence-corrected chi connectivity index (χ2v) is 3.25. The molecule has 0 aliphatic heterocycles. The number of hydrogen-bond acceptors (Lipinski definition) is 2. The van der Waals surface area contributed by atoms with Crippen LogP contribution in [0.4, 0.5) is 10.5 Å². The largest absolute Gasteiger partial charge is 0.492 e. The molecule has 15 heavy (non-hydrogen) atoms. The van der Waals surface area contributed by atoms with Crippen molar-refractivity contribution in [1.82, 2.24) is 4.90 Å². The lowest BCUT2D eigenvalue weighted by Gasteiger charge is -2.14. The maximum atomic E-state index is 11.4. The molecule has 0 spiro atoms. The summed E-state index contributed by atoms with van der Waals surface area (Å²) in [4.78, 5) is 12.9. The van der Waals surface area contributed by atoms with Crippen molar-refractivity contribution in [2.24, 2.45) is 0 Å². The molecule has 1 aromatic rings.